The average molecular weight is 440 g/mol. The van der Waals surface area contributed by atoms with E-state index in [-0.39, 0.29) is 39.6 Å². The Morgan fingerprint density at radius 1 is 1.26 bits per heavy atom. The molecule has 1 aromatic heterocycles. The fourth-order valence-electron chi connectivity index (χ4n) is 2.07. The average Bonchev–Trinajstić information content (AvgIpc) is 2.51. The Labute approximate surface area is 147 Å². The highest BCUT2D eigenvalue weighted by atomic mass is 79.9. The minimum absolute atomic E-state index is 0.0575. The third kappa shape index (κ3) is 2.65. The number of nitrogens with zero attached hydrogens (tertiary/aromatic N) is 2. The molecule has 0 aliphatic rings. The highest BCUT2D eigenvalue weighted by Crippen LogP contribution is 2.48. The quantitative estimate of drug-likeness (QED) is 0.657. The molecule has 0 spiro atoms. The number of benzene rings is 1. The van der Waals surface area contributed by atoms with Crippen LogP contribution in [0.5, 0.6) is 11.5 Å². The van der Waals surface area contributed by atoms with Gasteiger partial charge < -0.3 is 20.6 Å². The van der Waals surface area contributed by atoms with Crippen molar-refractivity contribution >= 4 is 37.7 Å². The van der Waals surface area contributed by atoms with Crippen LogP contribution in [0.25, 0.3) is 11.1 Å². The van der Waals surface area contributed by atoms with Crippen molar-refractivity contribution in [2.24, 2.45) is 0 Å². The maximum atomic E-state index is 12.0. The molecule has 0 aliphatic carbocycles. The zero-order valence-electron chi connectivity index (χ0n) is 11.6. The second kappa shape index (κ2) is 6.32. The molecule has 0 unspecified atom stereocenters. The predicted octanol–water partition coefficient (Wildman–Crippen LogP) is 2.61. The molecule has 0 bridgehead atoms. The number of nitrogens with two attached hydrogens (primary N) is 1. The zero-order valence-corrected chi connectivity index (χ0v) is 14.7. The van der Waals surface area contributed by atoms with Gasteiger partial charge in [0.1, 0.15) is 29.1 Å². The number of H-pyrrole nitrogens is 1. The first-order valence-corrected chi connectivity index (χ1v) is 7.57. The van der Waals surface area contributed by atoms with Gasteiger partial charge in [-0.25, -0.2) is 0 Å². The molecule has 2 rings (SSSR count). The van der Waals surface area contributed by atoms with E-state index in [1.54, 1.807) is 6.07 Å². The minimum Gasteiger partial charge on any atom is -0.504 e. The van der Waals surface area contributed by atoms with Gasteiger partial charge in [0, 0.05) is 20.1 Å². The molecule has 7 nitrogen and oxygen atoms in total. The van der Waals surface area contributed by atoms with Crippen molar-refractivity contribution in [2.45, 2.75) is 0 Å². The van der Waals surface area contributed by atoms with Gasteiger partial charge in [-0.1, -0.05) is 0 Å². The number of phenols is 1. The van der Waals surface area contributed by atoms with Gasteiger partial charge in [-0.15, -0.1) is 0 Å². The van der Waals surface area contributed by atoms with Crippen LogP contribution in [0.3, 0.4) is 0 Å². The largest absolute Gasteiger partial charge is 0.504 e. The summed E-state index contributed by atoms with van der Waals surface area (Å²) < 4.78 is 5.90. The van der Waals surface area contributed by atoms with Crippen LogP contribution in [0.1, 0.15) is 11.1 Å². The van der Waals surface area contributed by atoms with Gasteiger partial charge in [-0.3, -0.25) is 4.79 Å². The third-order valence-corrected chi connectivity index (χ3v) is 5.08. The molecule has 0 aliphatic heterocycles. The molecule has 23 heavy (non-hydrogen) atoms. The summed E-state index contributed by atoms with van der Waals surface area (Å²) in [6.45, 7) is 0. The smallest absolute Gasteiger partial charge is 0.268 e. The number of ether oxygens (including phenoxy) is 1. The molecule has 116 valence electrons. The van der Waals surface area contributed by atoms with Crippen LogP contribution < -0.4 is 16.0 Å². The van der Waals surface area contributed by atoms with E-state index < -0.39 is 5.56 Å². The molecule has 0 radical (unpaired) electrons. The topological polar surface area (TPSA) is 136 Å². The summed E-state index contributed by atoms with van der Waals surface area (Å²) in [4.78, 5) is 14.2. The van der Waals surface area contributed by atoms with E-state index in [0.29, 0.717) is 8.95 Å². The lowest BCUT2D eigenvalue weighted by Gasteiger charge is -2.15. The fourth-order valence-corrected chi connectivity index (χ4v) is 2.98. The van der Waals surface area contributed by atoms with Crippen LogP contribution in [0.4, 0.5) is 5.82 Å². The monoisotopic (exact) mass is 438 g/mol. The summed E-state index contributed by atoms with van der Waals surface area (Å²) in [6, 6.07) is 5.08. The molecule has 0 saturated carbocycles. The van der Waals surface area contributed by atoms with Gasteiger partial charge in [-0.05, 0) is 37.9 Å². The summed E-state index contributed by atoms with van der Waals surface area (Å²) in [6.07, 6.45) is 0. The molecular weight excluding hydrogens is 432 g/mol. The lowest BCUT2D eigenvalue weighted by Crippen LogP contribution is -2.16. The van der Waals surface area contributed by atoms with E-state index in [1.807, 2.05) is 6.07 Å². The molecule has 1 heterocycles. The number of halogens is 2. The molecule has 0 amide bonds. The van der Waals surface area contributed by atoms with Gasteiger partial charge in [0.05, 0.1) is 7.11 Å². The van der Waals surface area contributed by atoms with Gasteiger partial charge in [-0.2, -0.15) is 10.5 Å². The fraction of sp³-hybridized carbons (Fsp3) is 0.0714. The van der Waals surface area contributed by atoms with Crippen LogP contribution in [-0.4, -0.2) is 17.2 Å². The van der Waals surface area contributed by atoms with Gasteiger partial charge >= 0.3 is 0 Å². The number of anilines is 1. The first kappa shape index (κ1) is 16.9. The van der Waals surface area contributed by atoms with Crippen molar-refractivity contribution in [1.82, 2.24) is 4.98 Å². The van der Waals surface area contributed by atoms with E-state index in [4.69, 9.17) is 10.5 Å². The lowest BCUT2D eigenvalue weighted by molar-refractivity contribution is 0.374. The first-order chi connectivity index (χ1) is 10.9. The van der Waals surface area contributed by atoms with E-state index in [1.165, 1.54) is 13.2 Å². The van der Waals surface area contributed by atoms with E-state index in [2.05, 4.69) is 36.8 Å². The second-order valence-corrected chi connectivity index (χ2v) is 5.96. The molecule has 0 atom stereocenters. The normalized spacial score (nSPS) is 9.96. The van der Waals surface area contributed by atoms with Crippen LogP contribution >= 0.6 is 31.9 Å². The molecule has 2 aromatic rings. The number of aromatic amines is 1. The number of aromatic hydroxyl groups is 1. The Morgan fingerprint density at radius 3 is 2.39 bits per heavy atom. The number of nitrogen functional groups attached to an aromatic ring is 1. The van der Waals surface area contributed by atoms with Crippen molar-refractivity contribution in [3.63, 3.8) is 0 Å². The number of methoxy groups -OCH3 is 1. The number of aromatic nitrogens is 1. The number of pyridine rings is 1. The SMILES string of the molecule is COc1cc(Br)c(Br)c(-c2c(C#N)c(N)[nH]c(=O)c2C#N)c1O. The Balaban J connectivity index is 3.11. The number of nitriles is 2. The Hall–Kier alpha value is -2.49. The van der Waals surface area contributed by atoms with Gasteiger partial charge in [0.2, 0.25) is 0 Å². The van der Waals surface area contributed by atoms with Crippen molar-refractivity contribution in [1.29, 1.82) is 10.5 Å². The zero-order chi connectivity index (χ0) is 17.3. The Bertz CT molecular complexity index is 955. The highest BCUT2D eigenvalue weighted by molar-refractivity contribution is 9.13. The summed E-state index contributed by atoms with van der Waals surface area (Å²) >= 11 is 6.55. The van der Waals surface area contributed by atoms with Gasteiger partial charge in [0.25, 0.3) is 5.56 Å². The maximum absolute atomic E-state index is 12.0. The molecule has 9 heteroatoms. The molecule has 4 N–H and O–H groups in total. The summed E-state index contributed by atoms with van der Waals surface area (Å²) in [5, 5.41) is 29.1. The summed E-state index contributed by atoms with van der Waals surface area (Å²) in [7, 11) is 1.35. The molecule has 0 fully saturated rings. The summed E-state index contributed by atoms with van der Waals surface area (Å²) in [5.41, 5.74) is 4.44. The second-order valence-electron chi connectivity index (χ2n) is 4.31. The third-order valence-electron chi connectivity index (χ3n) is 3.10. The van der Waals surface area contributed by atoms with E-state index in [0.717, 1.165) is 0 Å². The highest BCUT2D eigenvalue weighted by Gasteiger charge is 2.25. The number of hydrogen-bond donors (Lipinski definition) is 3. The van der Waals surface area contributed by atoms with E-state index in [9.17, 15) is 20.4 Å². The number of phenolic OH excluding ortho intramolecular Hbond substituents is 1. The number of nitrogens with one attached hydrogen (secondary N) is 1. The van der Waals surface area contributed by atoms with Crippen LogP contribution in [0, 0.1) is 22.7 Å². The first-order valence-electron chi connectivity index (χ1n) is 5.98. The Kier molecular flexibility index (Phi) is 4.64. The summed E-state index contributed by atoms with van der Waals surface area (Å²) in [5.74, 6) is -0.431. The minimum atomic E-state index is -0.760. The predicted molar refractivity (Wildman–Crippen MR) is 90.0 cm³/mol. The maximum Gasteiger partial charge on any atom is 0.268 e. The molecule has 0 saturated heterocycles. The van der Waals surface area contributed by atoms with Crippen LogP contribution in [0.15, 0.2) is 19.8 Å². The van der Waals surface area contributed by atoms with Crippen LogP contribution in [-0.2, 0) is 0 Å². The van der Waals surface area contributed by atoms with Crippen molar-refractivity contribution in [3.8, 4) is 34.8 Å². The number of hydrogen-bond acceptors (Lipinski definition) is 6. The van der Waals surface area contributed by atoms with Crippen LogP contribution in [0.2, 0.25) is 0 Å². The molecule has 1 aromatic carbocycles. The number of rotatable bonds is 2. The van der Waals surface area contributed by atoms with Crippen molar-refractivity contribution in [3.05, 3.63) is 36.5 Å². The van der Waals surface area contributed by atoms with Crippen molar-refractivity contribution < 1.29 is 9.84 Å². The molecular formula is C14H8Br2N4O3. The Morgan fingerprint density at radius 2 is 1.87 bits per heavy atom. The van der Waals surface area contributed by atoms with E-state index >= 15 is 0 Å². The lowest BCUT2D eigenvalue weighted by atomic mass is 9.95. The van der Waals surface area contributed by atoms with Crippen molar-refractivity contribution in [2.75, 3.05) is 12.8 Å². The van der Waals surface area contributed by atoms with Gasteiger partial charge in [0.15, 0.2) is 11.5 Å². The standard InChI is InChI=1S/C14H8Br2N4O3/c1-23-8-2-7(15)11(16)10(12(8)21)9-5(3-17)13(19)20-14(22)6(9)4-18/h2,21H,1H3,(H3,19,20,22).